The number of aliphatic carboxylic acids is 1. The van der Waals surface area contributed by atoms with Gasteiger partial charge in [-0.1, -0.05) is 96.5 Å². The molecule has 5 unspecified atom stereocenters. The van der Waals surface area contributed by atoms with Gasteiger partial charge in [0.2, 0.25) is 17.7 Å². The molecule has 0 aliphatic heterocycles. The zero-order valence-corrected chi connectivity index (χ0v) is 29.6. The van der Waals surface area contributed by atoms with Crippen molar-refractivity contribution in [3.8, 4) is 5.75 Å². The average Bonchev–Trinajstić information content (AvgIpc) is 3.05. The SMILES string of the molecule is CCC(C)C(NCC(=O)CC(=O)C(Cc1ccccc1)NC(=O)C(NC(=O)Cc1ccccc1OC)C(C)C)C(=O)NC(C(=O)O)C(C)C. The fourth-order valence-corrected chi connectivity index (χ4v) is 5.29. The Labute approximate surface area is 289 Å². The molecule has 0 saturated carbocycles. The predicted octanol–water partition coefficient (Wildman–Crippen LogP) is 2.86. The number of benzene rings is 2. The molecule has 0 aromatic heterocycles. The van der Waals surface area contributed by atoms with E-state index in [4.69, 9.17) is 4.74 Å². The van der Waals surface area contributed by atoms with Crippen molar-refractivity contribution in [2.24, 2.45) is 17.8 Å². The molecule has 5 N–H and O–H groups in total. The van der Waals surface area contributed by atoms with Gasteiger partial charge in [-0.25, -0.2) is 4.79 Å². The number of hydrogen-bond donors (Lipinski definition) is 5. The van der Waals surface area contributed by atoms with E-state index >= 15 is 0 Å². The van der Waals surface area contributed by atoms with Gasteiger partial charge in [-0.2, -0.15) is 0 Å². The molecule has 0 aliphatic carbocycles. The fraction of sp³-hybridized carbons (Fsp3) is 0.514. The summed E-state index contributed by atoms with van der Waals surface area (Å²) in [5, 5.41) is 20.5. The second-order valence-corrected chi connectivity index (χ2v) is 13.0. The number of carbonyl (C=O) groups excluding carboxylic acids is 5. The first-order valence-corrected chi connectivity index (χ1v) is 16.7. The Morgan fingerprint density at radius 2 is 1.35 bits per heavy atom. The van der Waals surface area contributed by atoms with Crippen molar-refractivity contribution in [1.82, 2.24) is 21.3 Å². The minimum Gasteiger partial charge on any atom is -0.496 e. The lowest BCUT2D eigenvalue weighted by atomic mass is 9.95. The van der Waals surface area contributed by atoms with Crippen LogP contribution in [0.5, 0.6) is 5.75 Å². The highest BCUT2D eigenvalue weighted by atomic mass is 16.5. The Kier molecular flexibility index (Phi) is 16.6. The summed E-state index contributed by atoms with van der Waals surface area (Å²) in [5.41, 5.74) is 1.42. The Morgan fingerprint density at radius 3 is 1.92 bits per heavy atom. The lowest BCUT2D eigenvalue weighted by molar-refractivity contribution is -0.143. The van der Waals surface area contributed by atoms with Crippen LogP contribution in [0, 0.1) is 17.8 Å². The Morgan fingerprint density at radius 1 is 0.755 bits per heavy atom. The van der Waals surface area contributed by atoms with Gasteiger partial charge in [0.25, 0.3) is 0 Å². The molecule has 0 aliphatic rings. The smallest absolute Gasteiger partial charge is 0.326 e. The second-order valence-electron chi connectivity index (χ2n) is 13.0. The van der Waals surface area contributed by atoms with Crippen LogP contribution < -0.4 is 26.0 Å². The van der Waals surface area contributed by atoms with Crippen LogP contribution >= 0.6 is 0 Å². The van der Waals surface area contributed by atoms with E-state index in [1.54, 1.807) is 64.1 Å². The number of carboxylic acid groups (broad SMARTS) is 1. The van der Waals surface area contributed by atoms with Gasteiger partial charge >= 0.3 is 5.97 Å². The zero-order chi connectivity index (χ0) is 36.7. The van der Waals surface area contributed by atoms with E-state index < -0.39 is 65.8 Å². The summed E-state index contributed by atoms with van der Waals surface area (Å²) >= 11 is 0. The van der Waals surface area contributed by atoms with E-state index in [9.17, 15) is 33.9 Å². The largest absolute Gasteiger partial charge is 0.496 e. The average molecular weight is 681 g/mol. The normalized spacial score (nSPS) is 14.2. The number of hydrogen-bond acceptors (Lipinski definition) is 8. The van der Waals surface area contributed by atoms with Crippen LogP contribution in [0.3, 0.4) is 0 Å². The van der Waals surface area contributed by atoms with Crippen molar-refractivity contribution < 1.29 is 38.6 Å². The number of carbonyl (C=O) groups is 6. The first-order valence-electron chi connectivity index (χ1n) is 16.7. The lowest BCUT2D eigenvalue weighted by Gasteiger charge is -2.27. The van der Waals surface area contributed by atoms with Gasteiger partial charge in [-0.15, -0.1) is 0 Å². The van der Waals surface area contributed by atoms with Crippen molar-refractivity contribution in [3.05, 3.63) is 65.7 Å². The molecule has 12 heteroatoms. The van der Waals surface area contributed by atoms with E-state index in [0.29, 0.717) is 17.7 Å². The molecule has 3 amide bonds. The molecule has 2 rings (SSSR count). The van der Waals surface area contributed by atoms with Crippen molar-refractivity contribution in [2.45, 2.75) is 91.4 Å². The third-order valence-corrected chi connectivity index (χ3v) is 8.41. The topological polar surface area (TPSA) is 180 Å². The molecular formula is C37H52N4O8. The molecule has 0 spiro atoms. The highest BCUT2D eigenvalue weighted by Crippen LogP contribution is 2.18. The summed E-state index contributed by atoms with van der Waals surface area (Å²) in [4.78, 5) is 78.0. The van der Waals surface area contributed by atoms with Crippen LogP contribution in [0.25, 0.3) is 0 Å². The summed E-state index contributed by atoms with van der Waals surface area (Å²) in [6.07, 6.45) is 0.166. The number of ether oxygens (including phenoxy) is 1. The molecule has 0 radical (unpaired) electrons. The molecule has 2 aromatic carbocycles. The lowest BCUT2D eigenvalue weighted by Crippen LogP contribution is -2.55. The van der Waals surface area contributed by atoms with E-state index in [0.717, 1.165) is 5.56 Å². The monoisotopic (exact) mass is 680 g/mol. The first-order chi connectivity index (χ1) is 23.2. The van der Waals surface area contributed by atoms with Gasteiger partial charge in [0.15, 0.2) is 11.6 Å². The maximum Gasteiger partial charge on any atom is 0.326 e. The third-order valence-electron chi connectivity index (χ3n) is 8.41. The van der Waals surface area contributed by atoms with Crippen LogP contribution in [-0.2, 0) is 41.6 Å². The molecular weight excluding hydrogens is 628 g/mol. The summed E-state index contributed by atoms with van der Waals surface area (Å²) in [5.74, 6) is -4.04. The number of rotatable bonds is 21. The summed E-state index contributed by atoms with van der Waals surface area (Å²) in [7, 11) is 1.51. The van der Waals surface area contributed by atoms with E-state index in [2.05, 4.69) is 21.3 Å². The number of para-hydroxylation sites is 1. The predicted molar refractivity (Wildman–Crippen MR) is 186 cm³/mol. The van der Waals surface area contributed by atoms with Crippen LogP contribution in [0.15, 0.2) is 54.6 Å². The standard InChI is InChI=1S/C37H52N4O8/c1-8-24(6)34(36(46)41-33(23(4)5)37(47)48)38-21-27(42)20-29(43)28(18-25-14-10-9-11-15-25)39-35(45)32(22(2)3)40-31(44)19-26-16-12-13-17-30(26)49-7/h9-17,22-24,28,32-34,38H,8,18-21H2,1-7H3,(H,39,45)(H,40,44)(H,41,46)(H,47,48). The molecule has 12 nitrogen and oxygen atoms in total. The molecule has 268 valence electrons. The van der Waals surface area contributed by atoms with Gasteiger partial charge in [0.1, 0.15) is 17.8 Å². The maximum atomic E-state index is 13.6. The van der Waals surface area contributed by atoms with Gasteiger partial charge in [0, 0.05) is 5.56 Å². The van der Waals surface area contributed by atoms with Crippen molar-refractivity contribution in [3.63, 3.8) is 0 Å². The Bertz CT molecular complexity index is 1430. The van der Waals surface area contributed by atoms with E-state index in [-0.39, 0.29) is 37.1 Å². The minimum atomic E-state index is -1.16. The van der Waals surface area contributed by atoms with Crippen molar-refractivity contribution in [2.75, 3.05) is 13.7 Å². The minimum absolute atomic E-state index is 0.0154. The Hall–Kier alpha value is -4.58. The van der Waals surface area contributed by atoms with Crippen LogP contribution in [0.4, 0.5) is 0 Å². The molecule has 0 saturated heterocycles. The highest BCUT2D eigenvalue weighted by Gasteiger charge is 2.32. The number of carboxylic acids is 1. The molecule has 0 heterocycles. The zero-order valence-electron chi connectivity index (χ0n) is 29.6. The molecule has 0 fully saturated rings. The maximum absolute atomic E-state index is 13.6. The number of nitrogens with one attached hydrogen (secondary N) is 4. The number of Topliss-reactive ketones (excluding diaryl/α,β-unsaturated/α-hetero) is 2. The fourth-order valence-electron chi connectivity index (χ4n) is 5.29. The third kappa shape index (κ3) is 13.1. The first kappa shape index (κ1) is 40.6. The number of amides is 3. The van der Waals surface area contributed by atoms with Crippen LogP contribution in [-0.4, -0.2) is 78.2 Å². The molecule has 2 aromatic rings. The van der Waals surface area contributed by atoms with Crippen molar-refractivity contribution in [1.29, 1.82) is 0 Å². The highest BCUT2D eigenvalue weighted by molar-refractivity contribution is 6.04. The van der Waals surface area contributed by atoms with Crippen molar-refractivity contribution >= 4 is 35.3 Å². The van der Waals surface area contributed by atoms with Crippen LogP contribution in [0.2, 0.25) is 0 Å². The molecule has 0 bridgehead atoms. The molecule has 5 atom stereocenters. The number of methoxy groups -OCH3 is 1. The second kappa shape index (κ2) is 20.1. The molecule has 49 heavy (non-hydrogen) atoms. The van der Waals surface area contributed by atoms with Crippen LogP contribution in [0.1, 0.15) is 65.5 Å². The Balaban J connectivity index is 2.17. The number of ketones is 2. The summed E-state index contributed by atoms with van der Waals surface area (Å²) < 4.78 is 5.33. The van der Waals surface area contributed by atoms with Gasteiger partial charge in [0.05, 0.1) is 38.6 Å². The van der Waals surface area contributed by atoms with E-state index in [1.807, 2.05) is 32.0 Å². The van der Waals surface area contributed by atoms with Gasteiger partial charge in [-0.3, -0.25) is 29.3 Å². The quantitative estimate of drug-likeness (QED) is 0.124. The van der Waals surface area contributed by atoms with Gasteiger partial charge in [-0.05, 0) is 35.8 Å². The van der Waals surface area contributed by atoms with Gasteiger partial charge < -0.3 is 25.8 Å². The summed E-state index contributed by atoms with van der Waals surface area (Å²) in [6, 6.07) is 12.1. The summed E-state index contributed by atoms with van der Waals surface area (Å²) in [6.45, 7) is 10.3. The van der Waals surface area contributed by atoms with E-state index in [1.165, 1.54) is 7.11 Å².